The summed E-state index contributed by atoms with van der Waals surface area (Å²) in [6.45, 7) is 6.10. The number of carbonyl (C=O) groups excluding carboxylic acids is 1. The predicted octanol–water partition coefficient (Wildman–Crippen LogP) is 4.80. The molecule has 0 fully saturated rings. The molecule has 0 spiro atoms. The van der Waals surface area contributed by atoms with E-state index in [1.807, 2.05) is 13.8 Å². The van der Waals surface area contributed by atoms with Crippen LogP contribution in [0.25, 0.3) is 0 Å². The van der Waals surface area contributed by atoms with E-state index < -0.39 is 30.2 Å². The number of alkyl halides is 3. The number of hydrogen-bond donors (Lipinski definition) is 2. The van der Waals surface area contributed by atoms with Gasteiger partial charge in [0.05, 0.1) is 10.6 Å². The maximum absolute atomic E-state index is 12.7. The number of anilines is 1. The summed E-state index contributed by atoms with van der Waals surface area (Å²) in [5.41, 5.74) is -0.875. The van der Waals surface area contributed by atoms with Gasteiger partial charge in [-0.25, -0.2) is 4.79 Å². The largest absolute Gasteiger partial charge is 0.491 e. The summed E-state index contributed by atoms with van der Waals surface area (Å²) >= 11 is 5.79. The van der Waals surface area contributed by atoms with Crippen LogP contribution in [0.3, 0.4) is 0 Å². The van der Waals surface area contributed by atoms with Crippen LogP contribution >= 0.6 is 11.6 Å². The highest BCUT2D eigenvalue weighted by Gasteiger charge is 2.31. The van der Waals surface area contributed by atoms with Crippen molar-refractivity contribution in [3.05, 3.63) is 52.5 Å². The van der Waals surface area contributed by atoms with Gasteiger partial charge in [0, 0.05) is 12.2 Å². The number of rotatable bonds is 11. The van der Waals surface area contributed by atoms with Gasteiger partial charge in [-0.3, -0.25) is 4.79 Å². The fourth-order valence-electron chi connectivity index (χ4n) is 2.86. The van der Waals surface area contributed by atoms with Gasteiger partial charge in [0.15, 0.2) is 6.61 Å². The van der Waals surface area contributed by atoms with Crippen LogP contribution in [0, 0.1) is 0 Å². The summed E-state index contributed by atoms with van der Waals surface area (Å²) in [5, 5.41) is 11.6. The Morgan fingerprint density at radius 2 is 1.73 bits per heavy atom. The highest BCUT2D eigenvalue weighted by atomic mass is 35.5. The first-order valence-electron chi connectivity index (χ1n) is 10.1. The number of halogens is 4. The Morgan fingerprint density at radius 1 is 1.06 bits per heavy atom. The molecule has 11 heteroatoms. The molecule has 0 unspecified atom stereocenters. The third-order valence-corrected chi connectivity index (χ3v) is 4.97. The van der Waals surface area contributed by atoms with Crippen molar-refractivity contribution in [3.63, 3.8) is 0 Å². The van der Waals surface area contributed by atoms with Crippen molar-refractivity contribution in [2.75, 3.05) is 38.2 Å². The summed E-state index contributed by atoms with van der Waals surface area (Å²) in [7, 11) is 0. The predicted molar refractivity (Wildman–Crippen MR) is 117 cm³/mol. The van der Waals surface area contributed by atoms with E-state index in [1.165, 1.54) is 18.2 Å². The molecular weight excluding hydrogens is 465 g/mol. The number of likely N-dealkylation sites (N-methyl/N-ethyl adjacent to an activating group) is 1. The smallest absolute Gasteiger partial charge is 0.416 e. The number of ether oxygens (including phenoxy) is 2. The molecule has 0 atom stereocenters. The van der Waals surface area contributed by atoms with Crippen molar-refractivity contribution < 1.29 is 37.3 Å². The monoisotopic (exact) mass is 488 g/mol. The second kappa shape index (κ2) is 11.8. The Bertz CT molecular complexity index is 981. The number of hydrogen-bond acceptors (Lipinski definition) is 5. The molecule has 33 heavy (non-hydrogen) atoms. The first kappa shape index (κ1) is 26.3. The molecule has 1 amide bonds. The lowest BCUT2D eigenvalue weighted by Gasteiger charge is -2.18. The Balaban J connectivity index is 1.99. The summed E-state index contributed by atoms with van der Waals surface area (Å²) in [5.74, 6) is -1.81. The van der Waals surface area contributed by atoms with E-state index in [1.54, 1.807) is 0 Å². The lowest BCUT2D eigenvalue weighted by molar-refractivity contribution is -0.137. The van der Waals surface area contributed by atoms with Crippen LogP contribution in [0.2, 0.25) is 5.02 Å². The zero-order valence-electron chi connectivity index (χ0n) is 18.0. The Kier molecular flexibility index (Phi) is 9.36. The van der Waals surface area contributed by atoms with Crippen LogP contribution in [-0.2, 0) is 11.0 Å². The molecular formula is C22H24ClF3N2O5. The van der Waals surface area contributed by atoms with Crippen LogP contribution in [0.1, 0.15) is 29.8 Å². The number of aromatic carboxylic acids is 1. The molecule has 0 aromatic heterocycles. The maximum atomic E-state index is 12.7. The van der Waals surface area contributed by atoms with Gasteiger partial charge in [-0.05, 0) is 49.5 Å². The van der Waals surface area contributed by atoms with Crippen molar-refractivity contribution in [1.82, 2.24) is 4.90 Å². The topological polar surface area (TPSA) is 88.1 Å². The van der Waals surface area contributed by atoms with Gasteiger partial charge in [0.2, 0.25) is 0 Å². The van der Waals surface area contributed by atoms with Crippen LogP contribution in [0.4, 0.5) is 18.9 Å². The summed E-state index contributed by atoms with van der Waals surface area (Å²) in [6, 6.07) is 6.67. The Morgan fingerprint density at radius 3 is 2.30 bits per heavy atom. The normalized spacial score (nSPS) is 11.4. The molecule has 2 aromatic rings. The average molecular weight is 489 g/mol. The zero-order valence-corrected chi connectivity index (χ0v) is 18.8. The van der Waals surface area contributed by atoms with Crippen molar-refractivity contribution in [2.45, 2.75) is 20.0 Å². The first-order chi connectivity index (χ1) is 15.5. The molecule has 180 valence electrons. The first-order valence-corrected chi connectivity index (χ1v) is 10.4. The second-order valence-electron chi connectivity index (χ2n) is 6.87. The molecule has 0 bridgehead atoms. The van der Waals surface area contributed by atoms with Gasteiger partial charge >= 0.3 is 12.1 Å². The number of carboxylic acid groups (broad SMARTS) is 1. The minimum Gasteiger partial charge on any atom is -0.491 e. The summed E-state index contributed by atoms with van der Waals surface area (Å²) < 4.78 is 48.9. The minimum absolute atomic E-state index is 0.0945. The number of amides is 1. The maximum Gasteiger partial charge on any atom is 0.416 e. The second-order valence-corrected chi connectivity index (χ2v) is 7.28. The van der Waals surface area contributed by atoms with E-state index in [2.05, 4.69) is 10.2 Å². The molecule has 2 rings (SSSR count). The lowest BCUT2D eigenvalue weighted by atomic mass is 10.1. The highest BCUT2D eigenvalue weighted by molar-refractivity contribution is 6.32. The fourth-order valence-corrected chi connectivity index (χ4v) is 3.09. The molecule has 0 aliphatic rings. The van der Waals surface area contributed by atoms with Gasteiger partial charge in [-0.1, -0.05) is 25.4 Å². The summed E-state index contributed by atoms with van der Waals surface area (Å²) in [4.78, 5) is 25.9. The zero-order chi connectivity index (χ0) is 24.6. The van der Waals surface area contributed by atoms with Crippen LogP contribution in [-0.4, -0.2) is 54.7 Å². The fraction of sp³-hybridized carbons (Fsp3) is 0.364. The SMILES string of the molecule is CCN(CC)CCOc1ccc(NC(=O)COc2ccc(C(F)(F)F)cc2Cl)cc1C(=O)O. The quantitative estimate of drug-likeness (QED) is 0.472. The van der Waals surface area contributed by atoms with Crippen molar-refractivity contribution >= 4 is 29.2 Å². The van der Waals surface area contributed by atoms with Gasteiger partial charge in [0.25, 0.3) is 5.91 Å². The van der Waals surface area contributed by atoms with Gasteiger partial charge in [-0.2, -0.15) is 13.2 Å². The number of benzene rings is 2. The van der Waals surface area contributed by atoms with Crippen molar-refractivity contribution in [2.24, 2.45) is 0 Å². The van der Waals surface area contributed by atoms with E-state index in [-0.39, 0.29) is 27.8 Å². The molecule has 0 radical (unpaired) electrons. The van der Waals surface area contributed by atoms with E-state index in [4.69, 9.17) is 21.1 Å². The molecule has 7 nitrogen and oxygen atoms in total. The van der Waals surface area contributed by atoms with Gasteiger partial charge in [0.1, 0.15) is 23.7 Å². The molecule has 0 saturated carbocycles. The van der Waals surface area contributed by atoms with Crippen molar-refractivity contribution in [3.8, 4) is 11.5 Å². The summed E-state index contributed by atoms with van der Waals surface area (Å²) in [6.07, 6.45) is -4.55. The third-order valence-electron chi connectivity index (χ3n) is 4.67. The Hall–Kier alpha value is -2.98. The van der Waals surface area contributed by atoms with Crippen LogP contribution < -0.4 is 14.8 Å². The molecule has 2 aromatic carbocycles. The number of carbonyl (C=O) groups is 2. The Labute approximate surface area is 194 Å². The van der Waals surface area contributed by atoms with E-state index >= 15 is 0 Å². The molecule has 0 aliphatic heterocycles. The molecule has 0 aliphatic carbocycles. The number of nitrogens with one attached hydrogen (secondary N) is 1. The van der Waals surface area contributed by atoms with E-state index in [0.29, 0.717) is 19.2 Å². The minimum atomic E-state index is -4.55. The van der Waals surface area contributed by atoms with Crippen LogP contribution in [0.5, 0.6) is 11.5 Å². The number of nitrogens with zero attached hydrogens (tertiary/aromatic N) is 1. The van der Waals surface area contributed by atoms with Gasteiger partial charge in [-0.15, -0.1) is 0 Å². The van der Waals surface area contributed by atoms with Crippen LogP contribution in [0.15, 0.2) is 36.4 Å². The average Bonchev–Trinajstić information content (AvgIpc) is 2.75. The highest BCUT2D eigenvalue weighted by Crippen LogP contribution is 2.34. The van der Waals surface area contributed by atoms with Gasteiger partial charge < -0.3 is 24.8 Å². The molecule has 0 saturated heterocycles. The molecule has 2 N–H and O–H groups in total. The third kappa shape index (κ3) is 7.83. The van der Waals surface area contributed by atoms with E-state index in [0.717, 1.165) is 25.2 Å². The van der Waals surface area contributed by atoms with E-state index in [9.17, 15) is 27.9 Å². The van der Waals surface area contributed by atoms with Crippen molar-refractivity contribution in [1.29, 1.82) is 0 Å². The molecule has 0 heterocycles. The lowest BCUT2D eigenvalue weighted by Crippen LogP contribution is -2.28. The number of carboxylic acids is 1. The standard InChI is InChI=1S/C22H24ClF3N2O5/c1-3-28(4-2)9-10-32-18-8-6-15(12-16(18)21(30)31)27-20(29)13-33-19-7-5-14(11-17(19)23)22(24,25)26/h5-8,11-12H,3-4,9-10,13H2,1-2H3,(H,27,29)(H,30,31).